The van der Waals surface area contributed by atoms with Crippen LogP contribution < -0.4 is 0 Å². The Morgan fingerprint density at radius 3 is 1.43 bits per heavy atom. The van der Waals surface area contributed by atoms with Gasteiger partial charge in [0.15, 0.2) is 25.5 Å². The van der Waals surface area contributed by atoms with Gasteiger partial charge in [-0.05, 0) is 52.3 Å². The Morgan fingerprint density at radius 1 is 0.739 bits per heavy atom. The SMILES string of the molecule is CCS(=O)(=O)c1cc(C(F)(F)F)ccc1-c1ncc(Br)n1C.CCS(=O)(=O)c1cc(C(F)(F)F)ccc1-c1ncc(C(C)=O)n1C. The molecule has 46 heavy (non-hydrogen) atoms. The lowest BCUT2D eigenvalue weighted by atomic mass is 10.1. The Labute approximate surface area is 269 Å². The van der Waals surface area contributed by atoms with Gasteiger partial charge < -0.3 is 9.13 Å². The number of rotatable bonds is 7. The lowest BCUT2D eigenvalue weighted by Crippen LogP contribution is -2.12. The maximum Gasteiger partial charge on any atom is 0.416 e. The summed E-state index contributed by atoms with van der Waals surface area (Å²) in [5, 5.41) is 0. The Kier molecular flexibility index (Phi) is 10.7. The minimum atomic E-state index is -4.66. The molecule has 0 fully saturated rings. The van der Waals surface area contributed by atoms with Crippen LogP contribution in [0.5, 0.6) is 0 Å². The van der Waals surface area contributed by atoms with Crippen molar-refractivity contribution in [3.8, 4) is 22.8 Å². The van der Waals surface area contributed by atoms with Crippen LogP contribution in [0.1, 0.15) is 42.4 Å². The van der Waals surface area contributed by atoms with Gasteiger partial charge in [0.2, 0.25) is 0 Å². The molecule has 0 saturated heterocycles. The van der Waals surface area contributed by atoms with Gasteiger partial charge in [-0.1, -0.05) is 13.8 Å². The number of ketones is 1. The van der Waals surface area contributed by atoms with Gasteiger partial charge >= 0.3 is 12.4 Å². The summed E-state index contributed by atoms with van der Waals surface area (Å²) in [4.78, 5) is 18.7. The number of nitrogens with zero attached hydrogens (tertiary/aromatic N) is 4. The highest BCUT2D eigenvalue weighted by molar-refractivity contribution is 9.10. The van der Waals surface area contributed by atoms with Crippen LogP contribution in [0.2, 0.25) is 0 Å². The van der Waals surface area contributed by atoms with E-state index in [2.05, 4.69) is 25.9 Å². The Morgan fingerprint density at radius 2 is 1.13 bits per heavy atom. The second-order valence-electron chi connectivity index (χ2n) is 9.77. The number of hydrogen-bond donors (Lipinski definition) is 0. The van der Waals surface area contributed by atoms with E-state index in [1.54, 1.807) is 11.6 Å². The van der Waals surface area contributed by atoms with Crippen LogP contribution in [0, 0.1) is 0 Å². The van der Waals surface area contributed by atoms with Crippen LogP contribution in [0.4, 0.5) is 26.3 Å². The van der Waals surface area contributed by atoms with E-state index in [0.29, 0.717) is 16.7 Å². The first-order valence-corrected chi connectivity index (χ1v) is 17.2. The molecule has 0 aliphatic rings. The number of carbonyl (C=O) groups excluding carboxylic acids is 1. The molecule has 9 nitrogen and oxygen atoms in total. The number of benzene rings is 2. The molecule has 0 radical (unpaired) electrons. The van der Waals surface area contributed by atoms with Crippen molar-refractivity contribution < 1.29 is 48.0 Å². The standard InChI is InChI=1S/C15H15F3N2O3S.C13H12BrF3N2O2S/c1-4-24(22,23)13-7-10(15(16,17)18)5-6-11(13)14-19-8-12(9(2)21)20(14)3;1-3-22(20,21)10-6-8(13(15,16)17)4-5-9(10)12-18-7-11(14)19(12)2/h5-8H,4H2,1-3H3;4-7H,3H2,1-2H3. The third kappa shape index (κ3) is 7.71. The average molecular weight is 758 g/mol. The van der Waals surface area contributed by atoms with E-state index >= 15 is 0 Å². The first kappa shape index (κ1) is 37.0. The highest BCUT2D eigenvalue weighted by Crippen LogP contribution is 2.37. The van der Waals surface area contributed by atoms with Crippen LogP contribution in [0.15, 0.2) is 63.2 Å². The summed E-state index contributed by atoms with van der Waals surface area (Å²) in [7, 11) is -4.63. The molecule has 0 N–H and O–H groups in total. The van der Waals surface area contributed by atoms with E-state index in [1.165, 1.54) is 44.8 Å². The predicted molar refractivity (Wildman–Crippen MR) is 160 cm³/mol. The number of halogens is 7. The van der Waals surface area contributed by atoms with Crippen LogP contribution >= 0.6 is 15.9 Å². The van der Waals surface area contributed by atoms with Crippen molar-refractivity contribution in [1.82, 2.24) is 19.1 Å². The van der Waals surface area contributed by atoms with E-state index in [9.17, 15) is 48.0 Å². The molecular weight excluding hydrogens is 730 g/mol. The van der Waals surface area contributed by atoms with Crippen molar-refractivity contribution in [2.24, 2.45) is 14.1 Å². The Bertz CT molecular complexity index is 2000. The summed E-state index contributed by atoms with van der Waals surface area (Å²) in [6.07, 6.45) is -6.56. The zero-order valence-corrected chi connectivity index (χ0v) is 28.0. The van der Waals surface area contributed by atoms with Crippen molar-refractivity contribution in [3.05, 3.63) is 70.2 Å². The maximum absolute atomic E-state index is 12.9. The van der Waals surface area contributed by atoms with E-state index in [-0.39, 0.29) is 50.7 Å². The summed E-state index contributed by atoms with van der Waals surface area (Å²) < 4.78 is 130. The van der Waals surface area contributed by atoms with Crippen molar-refractivity contribution in [2.45, 2.75) is 42.9 Å². The molecule has 0 atom stereocenters. The van der Waals surface area contributed by atoms with Gasteiger partial charge in [-0.3, -0.25) is 4.79 Å². The molecule has 0 aliphatic carbocycles. The Balaban J connectivity index is 0.000000251. The van der Waals surface area contributed by atoms with Crippen molar-refractivity contribution in [1.29, 1.82) is 0 Å². The van der Waals surface area contributed by atoms with Gasteiger partial charge in [-0.2, -0.15) is 26.3 Å². The third-order valence-corrected chi connectivity index (χ3v) is 11.1. The van der Waals surface area contributed by atoms with Gasteiger partial charge in [0.25, 0.3) is 0 Å². The third-order valence-electron chi connectivity index (χ3n) is 6.81. The van der Waals surface area contributed by atoms with Gasteiger partial charge in [-0.25, -0.2) is 26.8 Å². The van der Waals surface area contributed by atoms with Crippen LogP contribution in [0.3, 0.4) is 0 Å². The number of alkyl halides is 6. The summed E-state index contributed by atoms with van der Waals surface area (Å²) >= 11 is 3.22. The van der Waals surface area contributed by atoms with Crippen molar-refractivity contribution >= 4 is 41.4 Å². The highest BCUT2D eigenvalue weighted by atomic mass is 79.9. The minimum Gasteiger partial charge on any atom is -0.325 e. The Hall–Kier alpha value is -3.51. The van der Waals surface area contributed by atoms with Crippen molar-refractivity contribution in [2.75, 3.05) is 11.5 Å². The number of carbonyl (C=O) groups is 1. The lowest BCUT2D eigenvalue weighted by Gasteiger charge is -2.14. The molecule has 0 amide bonds. The fraction of sp³-hybridized carbons (Fsp3) is 0.321. The molecule has 0 bridgehead atoms. The second-order valence-corrected chi connectivity index (χ2v) is 15.1. The van der Waals surface area contributed by atoms with Crippen LogP contribution in [0.25, 0.3) is 22.8 Å². The molecular formula is C28H27BrF6N4O5S2. The number of sulfone groups is 2. The van der Waals surface area contributed by atoms with Crippen LogP contribution in [-0.4, -0.2) is 53.2 Å². The largest absolute Gasteiger partial charge is 0.416 e. The molecule has 250 valence electrons. The monoisotopic (exact) mass is 756 g/mol. The quantitative estimate of drug-likeness (QED) is 0.151. The molecule has 4 aromatic rings. The van der Waals surface area contributed by atoms with E-state index < -0.39 is 48.0 Å². The second kappa shape index (κ2) is 13.3. The smallest absolute Gasteiger partial charge is 0.325 e. The zero-order valence-electron chi connectivity index (χ0n) is 24.8. The maximum atomic E-state index is 12.9. The molecule has 0 saturated carbocycles. The molecule has 4 rings (SSSR count). The topological polar surface area (TPSA) is 121 Å². The predicted octanol–water partition coefficient (Wildman–Crippen LogP) is 6.76. The number of imidazole rings is 2. The normalized spacial score (nSPS) is 12.5. The van der Waals surface area contributed by atoms with E-state index in [4.69, 9.17) is 0 Å². The fourth-order valence-corrected chi connectivity index (χ4v) is 6.71. The zero-order chi connectivity index (χ0) is 35.0. The number of Topliss-reactive ketones (excluding diaryl/α,β-unsaturated/α-hetero) is 1. The van der Waals surface area contributed by atoms with Gasteiger partial charge in [0.1, 0.15) is 21.9 Å². The average Bonchev–Trinajstić information content (AvgIpc) is 3.52. The van der Waals surface area contributed by atoms with Crippen LogP contribution in [-0.2, 0) is 46.1 Å². The molecule has 2 aromatic carbocycles. The fourth-order valence-electron chi connectivity index (χ4n) is 4.22. The molecule has 0 aliphatic heterocycles. The first-order chi connectivity index (χ1) is 21.1. The molecule has 0 unspecified atom stereocenters. The van der Waals surface area contributed by atoms with E-state index in [0.717, 1.165) is 24.3 Å². The lowest BCUT2D eigenvalue weighted by molar-refractivity contribution is -0.138. The molecule has 2 heterocycles. The highest BCUT2D eigenvalue weighted by Gasteiger charge is 2.34. The van der Waals surface area contributed by atoms with E-state index in [1.807, 2.05) is 0 Å². The van der Waals surface area contributed by atoms with Gasteiger partial charge in [0, 0.05) is 32.1 Å². The van der Waals surface area contributed by atoms with Gasteiger partial charge in [-0.15, -0.1) is 0 Å². The summed E-state index contributed by atoms with van der Waals surface area (Å²) in [6.45, 7) is 4.05. The molecule has 0 spiro atoms. The number of hydrogen-bond acceptors (Lipinski definition) is 7. The summed E-state index contributed by atoms with van der Waals surface area (Å²) in [6, 6.07) is 5.13. The summed E-state index contributed by atoms with van der Waals surface area (Å²) in [5.41, 5.74) is -1.66. The summed E-state index contributed by atoms with van der Waals surface area (Å²) in [5.74, 6) is -0.560. The molecule has 18 heteroatoms. The molecule has 2 aromatic heterocycles. The first-order valence-electron chi connectivity index (χ1n) is 13.1. The van der Waals surface area contributed by atoms with Crippen molar-refractivity contribution in [3.63, 3.8) is 0 Å². The minimum absolute atomic E-state index is 0.0276. The number of aromatic nitrogens is 4. The van der Waals surface area contributed by atoms with Gasteiger partial charge in [0.05, 0.1) is 44.8 Å².